The minimum absolute atomic E-state index is 0.230. The number of rotatable bonds is 3. The van der Waals surface area contributed by atoms with Gasteiger partial charge in [0.05, 0.1) is 17.7 Å². The average molecular weight is 217 g/mol. The van der Waals surface area contributed by atoms with Crippen molar-refractivity contribution in [1.29, 1.82) is 5.26 Å². The number of hydrogen-bond acceptors (Lipinski definition) is 4. The summed E-state index contributed by atoms with van der Waals surface area (Å²) in [7, 11) is 1.73. The van der Waals surface area contributed by atoms with E-state index in [0.717, 1.165) is 19.3 Å². The minimum atomic E-state index is 0.230. The average Bonchev–Trinajstić information content (AvgIpc) is 2.77. The van der Waals surface area contributed by atoms with E-state index in [-0.39, 0.29) is 12.1 Å². The van der Waals surface area contributed by atoms with Crippen LogP contribution in [-0.2, 0) is 4.74 Å². The Morgan fingerprint density at radius 3 is 3.19 bits per heavy atom. The molecule has 0 aliphatic heterocycles. The molecule has 4 heteroatoms. The third kappa shape index (κ3) is 2.15. The maximum Gasteiger partial charge on any atom is 0.144 e. The van der Waals surface area contributed by atoms with Gasteiger partial charge in [0.25, 0.3) is 0 Å². The predicted octanol–water partition coefficient (Wildman–Crippen LogP) is 1.93. The molecule has 1 heterocycles. The second kappa shape index (κ2) is 4.95. The van der Waals surface area contributed by atoms with E-state index in [1.165, 1.54) is 0 Å². The number of methoxy groups -OCH3 is 1. The normalized spacial score (nSPS) is 24.0. The standard InChI is InChI=1S/C12H15N3O/c1-16-11-6-2-5-10(11)15-12-9(8-13)4-3-7-14-12/h3-4,7,10-11H,2,5-6H2,1H3,(H,14,15). The third-order valence-corrected chi connectivity index (χ3v) is 3.01. The maximum absolute atomic E-state index is 8.95. The Bertz CT molecular complexity index is 399. The van der Waals surface area contributed by atoms with Crippen LogP contribution in [0.15, 0.2) is 18.3 Å². The Kier molecular flexibility index (Phi) is 3.37. The Labute approximate surface area is 95.3 Å². The first kappa shape index (κ1) is 10.9. The molecule has 2 rings (SSSR count). The lowest BCUT2D eigenvalue weighted by Gasteiger charge is -2.20. The van der Waals surface area contributed by atoms with Gasteiger partial charge in [0, 0.05) is 13.3 Å². The first-order valence-corrected chi connectivity index (χ1v) is 5.49. The molecule has 2 unspecified atom stereocenters. The topological polar surface area (TPSA) is 57.9 Å². The maximum atomic E-state index is 8.95. The van der Waals surface area contributed by atoms with E-state index >= 15 is 0 Å². The van der Waals surface area contributed by atoms with Crippen LogP contribution >= 0.6 is 0 Å². The second-order valence-corrected chi connectivity index (χ2v) is 3.97. The molecule has 0 saturated heterocycles. The highest BCUT2D eigenvalue weighted by Crippen LogP contribution is 2.25. The van der Waals surface area contributed by atoms with E-state index in [9.17, 15) is 0 Å². The zero-order chi connectivity index (χ0) is 11.4. The summed E-state index contributed by atoms with van der Waals surface area (Å²) >= 11 is 0. The summed E-state index contributed by atoms with van der Waals surface area (Å²) in [6.45, 7) is 0. The van der Waals surface area contributed by atoms with Gasteiger partial charge < -0.3 is 10.1 Å². The number of ether oxygens (including phenoxy) is 1. The Morgan fingerprint density at radius 1 is 1.56 bits per heavy atom. The quantitative estimate of drug-likeness (QED) is 0.840. The lowest BCUT2D eigenvalue weighted by molar-refractivity contribution is 0.101. The fourth-order valence-electron chi connectivity index (χ4n) is 2.16. The molecule has 1 saturated carbocycles. The van der Waals surface area contributed by atoms with Gasteiger partial charge in [0.1, 0.15) is 11.9 Å². The molecule has 4 nitrogen and oxygen atoms in total. The van der Waals surface area contributed by atoms with E-state index in [4.69, 9.17) is 10.00 Å². The van der Waals surface area contributed by atoms with Crippen LogP contribution < -0.4 is 5.32 Å². The second-order valence-electron chi connectivity index (χ2n) is 3.97. The third-order valence-electron chi connectivity index (χ3n) is 3.01. The van der Waals surface area contributed by atoms with Crippen LogP contribution in [0, 0.1) is 11.3 Å². The minimum Gasteiger partial charge on any atom is -0.379 e. The van der Waals surface area contributed by atoms with Crippen LogP contribution in [0.1, 0.15) is 24.8 Å². The largest absolute Gasteiger partial charge is 0.379 e. The van der Waals surface area contributed by atoms with Crippen LogP contribution in [0.4, 0.5) is 5.82 Å². The molecule has 1 aromatic rings. The molecular formula is C12H15N3O. The zero-order valence-corrected chi connectivity index (χ0v) is 9.31. The highest BCUT2D eigenvalue weighted by Gasteiger charge is 2.27. The summed E-state index contributed by atoms with van der Waals surface area (Å²) < 4.78 is 5.40. The molecular weight excluding hydrogens is 202 g/mol. The fraction of sp³-hybridized carbons (Fsp3) is 0.500. The van der Waals surface area contributed by atoms with Gasteiger partial charge in [0.2, 0.25) is 0 Å². The van der Waals surface area contributed by atoms with Gasteiger partial charge in [-0.2, -0.15) is 5.26 Å². The lowest BCUT2D eigenvalue weighted by Crippen LogP contribution is -2.30. The number of nitrogens with zero attached hydrogens (tertiary/aromatic N) is 2. The van der Waals surface area contributed by atoms with Crippen LogP contribution in [0.2, 0.25) is 0 Å². The summed E-state index contributed by atoms with van der Waals surface area (Å²) in [5, 5.41) is 12.3. The molecule has 1 aliphatic rings. The number of aromatic nitrogens is 1. The molecule has 84 valence electrons. The molecule has 1 fully saturated rings. The van der Waals surface area contributed by atoms with Crippen molar-refractivity contribution in [3.63, 3.8) is 0 Å². The molecule has 0 amide bonds. The van der Waals surface area contributed by atoms with Gasteiger partial charge in [0.15, 0.2) is 0 Å². The van der Waals surface area contributed by atoms with E-state index in [1.807, 2.05) is 0 Å². The Morgan fingerprint density at radius 2 is 2.44 bits per heavy atom. The molecule has 1 aromatic heterocycles. The van der Waals surface area contributed by atoms with E-state index in [0.29, 0.717) is 11.4 Å². The lowest BCUT2D eigenvalue weighted by atomic mass is 10.2. The summed E-state index contributed by atoms with van der Waals surface area (Å²) in [5.74, 6) is 0.666. The number of anilines is 1. The molecule has 0 aromatic carbocycles. The van der Waals surface area contributed by atoms with Crippen LogP contribution in [0.25, 0.3) is 0 Å². The van der Waals surface area contributed by atoms with Crippen molar-refractivity contribution < 1.29 is 4.74 Å². The molecule has 0 radical (unpaired) electrons. The van der Waals surface area contributed by atoms with Gasteiger partial charge in [-0.25, -0.2) is 4.98 Å². The van der Waals surface area contributed by atoms with Gasteiger partial charge in [-0.05, 0) is 31.4 Å². The molecule has 1 N–H and O–H groups in total. The molecule has 0 bridgehead atoms. The van der Waals surface area contributed by atoms with Crippen molar-refractivity contribution in [3.05, 3.63) is 23.9 Å². The predicted molar refractivity (Wildman–Crippen MR) is 61.0 cm³/mol. The van der Waals surface area contributed by atoms with Gasteiger partial charge in [-0.15, -0.1) is 0 Å². The smallest absolute Gasteiger partial charge is 0.144 e. The highest BCUT2D eigenvalue weighted by molar-refractivity contribution is 5.52. The van der Waals surface area contributed by atoms with E-state index in [1.54, 1.807) is 25.4 Å². The number of pyridine rings is 1. The van der Waals surface area contributed by atoms with Crippen LogP contribution in [-0.4, -0.2) is 24.2 Å². The van der Waals surface area contributed by atoms with Crippen LogP contribution in [0.5, 0.6) is 0 Å². The van der Waals surface area contributed by atoms with Crippen molar-refractivity contribution in [2.24, 2.45) is 0 Å². The number of hydrogen-bond donors (Lipinski definition) is 1. The molecule has 0 spiro atoms. The number of nitriles is 1. The molecule has 2 atom stereocenters. The van der Waals surface area contributed by atoms with Crippen molar-refractivity contribution in [3.8, 4) is 6.07 Å². The summed E-state index contributed by atoms with van der Waals surface area (Å²) in [6, 6.07) is 5.95. The van der Waals surface area contributed by atoms with Crippen molar-refractivity contribution in [2.75, 3.05) is 12.4 Å². The van der Waals surface area contributed by atoms with Crippen LogP contribution in [0.3, 0.4) is 0 Å². The fourth-order valence-corrected chi connectivity index (χ4v) is 2.16. The van der Waals surface area contributed by atoms with E-state index < -0.39 is 0 Å². The van der Waals surface area contributed by atoms with Gasteiger partial charge in [-0.3, -0.25) is 0 Å². The first-order chi connectivity index (χ1) is 7.85. The zero-order valence-electron chi connectivity index (χ0n) is 9.31. The SMILES string of the molecule is COC1CCCC1Nc1ncccc1C#N. The van der Waals surface area contributed by atoms with Crippen molar-refractivity contribution in [1.82, 2.24) is 4.98 Å². The van der Waals surface area contributed by atoms with Crippen molar-refractivity contribution >= 4 is 5.82 Å². The Balaban J connectivity index is 2.12. The Hall–Kier alpha value is -1.60. The first-order valence-electron chi connectivity index (χ1n) is 5.49. The summed E-state index contributed by atoms with van der Waals surface area (Å²) in [4.78, 5) is 4.19. The highest BCUT2D eigenvalue weighted by atomic mass is 16.5. The monoisotopic (exact) mass is 217 g/mol. The van der Waals surface area contributed by atoms with Crippen molar-refractivity contribution in [2.45, 2.75) is 31.4 Å². The summed E-state index contributed by atoms with van der Waals surface area (Å²) in [6.07, 6.45) is 5.22. The van der Waals surface area contributed by atoms with Gasteiger partial charge >= 0.3 is 0 Å². The molecule has 16 heavy (non-hydrogen) atoms. The van der Waals surface area contributed by atoms with E-state index in [2.05, 4.69) is 16.4 Å². The molecule has 1 aliphatic carbocycles. The summed E-state index contributed by atoms with van der Waals surface area (Å²) in [5.41, 5.74) is 0.587. The van der Waals surface area contributed by atoms with Gasteiger partial charge in [-0.1, -0.05) is 0 Å². The number of nitrogens with one attached hydrogen (secondary N) is 1.